The Morgan fingerprint density at radius 3 is 2.29 bits per heavy atom. The summed E-state index contributed by atoms with van der Waals surface area (Å²) >= 11 is 24.1. The molecule has 1 atom stereocenters. The number of benzene rings is 2. The maximum atomic E-state index is 12.9. The highest BCUT2D eigenvalue weighted by Gasteiger charge is 2.50. The van der Waals surface area contributed by atoms with E-state index in [1.54, 1.807) is 24.3 Å². The number of carbonyl (C=O) groups excluding carboxylic acids is 3. The van der Waals surface area contributed by atoms with Gasteiger partial charge in [0.25, 0.3) is 5.91 Å². The molecule has 1 heterocycles. The summed E-state index contributed by atoms with van der Waals surface area (Å²) in [4.78, 5) is 38.4. The first-order chi connectivity index (χ1) is 13.1. The Bertz CT molecular complexity index is 975. The van der Waals surface area contributed by atoms with Gasteiger partial charge in [-0.25, -0.2) is 4.79 Å². The number of rotatable bonds is 4. The van der Waals surface area contributed by atoms with Crippen molar-refractivity contribution in [2.45, 2.75) is 12.5 Å². The molecule has 146 valence electrons. The van der Waals surface area contributed by atoms with Crippen LogP contribution in [0.4, 0.5) is 10.5 Å². The number of amides is 4. The van der Waals surface area contributed by atoms with Gasteiger partial charge in [-0.3, -0.25) is 14.5 Å². The first kappa shape index (κ1) is 20.7. The third-order valence-corrected chi connectivity index (χ3v) is 5.40. The van der Waals surface area contributed by atoms with Crippen molar-refractivity contribution in [1.82, 2.24) is 10.2 Å². The molecule has 4 amide bonds. The molecule has 1 aliphatic heterocycles. The van der Waals surface area contributed by atoms with Crippen molar-refractivity contribution >= 4 is 69.9 Å². The average Bonchev–Trinajstić information content (AvgIpc) is 2.82. The van der Waals surface area contributed by atoms with Crippen LogP contribution in [0.3, 0.4) is 0 Å². The SMILES string of the molecule is C[C@@]1(c2ccccc2Cl)NC(=O)N(CC(=O)Nc2c(Cl)cc(Cl)cc2Cl)C1=O. The van der Waals surface area contributed by atoms with E-state index in [-0.39, 0.29) is 15.7 Å². The first-order valence-corrected chi connectivity index (χ1v) is 9.48. The first-order valence-electron chi connectivity index (χ1n) is 7.97. The van der Waals surface area contributed by atoms with Crippen molar-refractivity contribution in [3.8, 4) is 0 Å². The molecule has 0 saturated carbocycles. The number of carbonyl (C=O) groups is 3. The van der Waals surface area contributed by atoms with Crippen LogP contribution in [0.15, 0.2) is 36.4 Å². The van der Waals surface area contributed by atoms with E-state index < -0.39 is 29.9 Å². The molecule has 1 saturated heterocycles. The monoisotopic (exact) mass is 459 g/mol. The van der Waals surface area contributed by atoms with E-state index in [9.17, 15) is 14.4 Å². The molecule has 0 unspecified atom stereocenters. The molecule has 1 fully saturated rings. The Morgan fingerprint density at radius 1 is 1.07 bits per heavy atom. The zero-order valence-electron chi connectivity index (χ0n) is 14.4. The van der Waals surface area contributed by atoms with Crippen LogP contribution < -0.4 is 10.6 Å². The lowest BCUT2D eigenvalue weighted by Gasteiger charge is -2.23. The molecular weight excluding hydrogens is 448 g/mol. The molecule has 10 heteroatoms. The van der Waals surface area contributed by atoms with Gasteiger partial charge in [-0.1, -0.05) is 64.6 Å². The molecule has 2 aromatic rings. The molecule has 2 aromatic carbocycles. The minimum Gasteiger partial charge on any atom is -0.322 e. The van der Waals surface area contributed by atoms with Crippen molar-refractivity contribution in [3.63, 3.8) is 0 Å². The molecule has 0 aliphatic carbocycles. The number of hydrogen-bond donors (Lipinski definition) is 2. The lowest BCUT2D eigenvalue weighted by Crippen LogP contribution is -2.42. The molecule has 28 heavy (non-hydrogen) atoms. The molecule has 0 aromatic heterocycles. The summed E-state index contributed by atoms with van der Waals surface area (Å²) in [6.07, 6.45) is 0. The van der Waals surface area contributed by atoms with E-state index in [0.717, 1.165) is 4.90 Å². The second kappa shape index (κ2) is 7.79. The van der Waals surface area contributed by atoms with Crippen LogP contribution >= 0.6 is 46.4 Å². The largest absolute Gasteiger partial charge is 0.325 e. The van der Waals surface area contributed by atoms with E-state index in [4.69, 9.17) is 46.4 Å². The van der Waals surface area contributed by atoms with Gasteiger partial charge in [0.1, 0.15) is 12.1 Å². The van der Waals surface area contributed by atoms with Gasteiger partial charge in [0.05, 0.1) is 15.7 Å². The fourth-order valence-corrected chi connectivity index (χ4v) is 4.11. The molecule has 1 aliphatic rings. The van der Waals surface area contributed by atoms with Gasteiger partial charge in [-0.15, -0.1) is 0 Å². The fraction of sp³-hybridized carbons (Fsp3) is 0.167. The van der Waals surface area contributed by atoms with Crippen LogP contribution in [-0.4, -0.2) is 29.3 Å². The topological polar surface area (TPSA) is 78.5 Å². The number of halogens is 4. The minimum atomic E-state index is -1.38. The predicted molar refractivity (Wildman–Crippen MR) is 109 cm³/mol. The Kier molecular flexibility index (Phi) is 5.77. The maximum Gasteiger partial charge on any atom is 0.325 e. The predicted octanol–water partition coefficient (Wildman–Crippen LogP) is 4.71. The number of nitrogens with one attached hydrogen (secondary N) is 2. The zero-order chi connectivity index (χ0) is 20.6. The highest BCUT2D eigenvalue weighted by molar-refractivity contribution is 6.42. The van der Waals surface area contributed by atoms with E-state index >= 15 is 0 Å². The van der Waals surface area contributed by atoms with E-state index in [2.05, 4.69) is 10.6 Å². The molecule has 0 spiro atoms. The van der Waals surface area contributed by atoms with Gasteiger partial charge in [-0.2, -0.15) is 0 Å². The Hall–Kier alpha value is -1.99. The van der Waals surface area contributed by atoms with Gasteiger partial charge >= 0.3 is 6.03 Å². The van der Waals surface area contributed by atoms with Gasteiger partial charge in [0.2, 0.25) is 5.91 Å². The molecule has 0 bridgehead atoms. The van der Waals surface area contributed by atoms with E-state index in [1.165, 1.54) is 19.1 Å². The van der Waals surface area contributed by atoms with Crippen molar-refractivity contribution in [2.75, 3.05) is 11.9 Å². The van der Waals surface area contributed by atoms with Crippen LogP contribution in [0.5, 0.6) is 0 Å². The van der Waals surface area contributed by atoms with Gasteiger partial charge in [0.15, 0.2) is 0 Å². The highest BCUT2D eigenvalue weighted by Crippen LogP contribution is 2.35. The highest BCUT2D eigenvalue weighted by atomic mass is 35.5. The molecule has 2 N–H and O–H groups in total. The summed E-state index contributed by atoms with van der Waals surface area (Å²) in [5, 5.41) is 5.97. The number of anilines is 1. The third-order valence-electron chi connectivity index (χ3n) is 4.26. The second-order valence-corrected chi connectivity index (χ2v) is 7.88. The van der Waals surface area contributed by atoms with Crippen LogP contribution in [0.1, 0.15) is 12.5 Å². The lowest BCUT2D eigenvalue weighted by molar-refractivity contribution is -0.133. The van der Waals surface area contributed by atoms with Crippen LogP contribution in [0.25, 0.3) is 0 Å². The number of hydrogen-bond acceptors (Lipinski definition) is 3. The Labute approximate surface area is 180 Å². The van der Waals surface area contributed by atoms with Crippen molar-refractivity contribution < 1.29 is 14.4 Å². The van der Waals surface area contributed by atoms with Crippen molar-refractivity contribution in [2.24, 2.45) is 0 Å². The Balaban J connectivity index is 1.80. The molecular formula is C18H13Cl4N3O3. The summed E-state index contributed by atoms with van der Waals surface area (Å²) < 4.78 is 0. The smallest absolute Gasteiger partial charge is 0.322 e. The van der Waals surface area contributed by atoms with Gasteiger partial charge in [0, 0.05) is 15.6 Å². The normalized spacial score (nSPS) is 19.0. The quantitative estimate of drug-likeness (QED) is 0.648. The number of imide groups is 1. The Morgan fingerprint density at radius 2 is 1.68 bits per heavy atom. The van der Waals surface area contributed by atoms with Gasteiger partial charge in [-0.05, 0) is 25.1 Å². The van der Waals surface area contributed by atoms with Crippen molar-refractivity contribution in [3.05, 3.63) is 62.1 Å². The summed E-state index contributed by atoms with van der Waals surface area (Å²) in [7, 11) is 0. The van der Waals surface area contributed by atoms with E-state index in [0.29, 0.717) is 15.6 Å². The van der Waals surface area contributed by atoms with Crippen LogP contribution in [-0.2, 0) is 15.1 Å². The van der Waals surface area contributed by atoms with Gasteiger partial charge < -0.3 is 10.6 Å². The summed E-state index contributed by atoms with van der Waals surface area (Å²) in [5.74, 6) is -1.26. The number of urea groups is 1. The minimum absolute atomic E-state index is 0.129. The standard InChI is InChI=1S/C18H13Cl4N3O3/c1-18(10-4-2-3-5-11(10)20)16(27)25(17(28)24-18)8-14(26)23-15-12(21)6-9(19)7-13(15)22/h2-7H,8H2,1H3,(H,23,26)(H,24,28)/t18-/m0/s1. The second-order valence-electron chi connectivity index (χ2n) is 6.22. The summed E-state index contributed by atoms with van der Waals surface area (Å²) in [5.41, 5.74) is -0.814. The third kappa shape index (κ3) is 3.78. The molecule has 0 radical (unpaired) electrons. The molecule has 3 rings (SSSR count). The van der Waals surface area contributed by atoms with Crippen LogP contribution in [0.2, 0.25) is 20.1 Å². The number of nitrogens with zero attached hydrogens (tertiary/aromatic N) is 1. The summed E-state index contributed by atoms with van der Waals surface area (Å²) in [6, 6.07) is 8.77. The molecule has 6 nitrogen and oxygen atoms in total. The summed E-state index contributed by atoms with van der Waals surface area (Å²) in [6.45, 7) is 0.999. The lowest BCUT2D eigenvalue weighted by atomic mass is 9.92. The van der Waals surface area contributed by atoms with E-state index in [1.807, 2.05) is 0 Å². The zero-order valence-corrected chi connectivity index (χ0v) is 17.4. The van der Waals surface area contributed by atoms with Crippen LogP contribution in [0, 0.1) is 0 Å². The average molecular weight is 461 g/mol. The maximum absolute atomic E-state index is 12.9. The fourth-order valence-electron chi connectivity index (χ4n) is 2.87. The van der Waals surface area contributed by atoms with Crippen molar-refractivity contribution in [1.29, 1.82) is 0 Å².